The number of likely N-dealkylation sites (tertiary alicyclic amines) is 1. The summed E-state index contributed by atoms with van der Waals surface area (Å²) in [6.45, 7) is 5.77. The predicted molar refractivity (Wildman–Crippen MR) is 109 cm³/mol. The van der Waals surface area contributed by atoms with E-state index >= 15 is 0 Å². The summed E-state index contributed by atoms with van der Waals surface area (Å²) in [5, 5.41) is 3.48. The van der Waals surface area contributed by atoms with Crippen LogP contribution in [0.3, 0.4) is 0 Å². The molecule has 1 N–H and O–H groups in total. The Labute approximate surface area is 162 Å². The van der Waals surface area contributed by atoms with Gasteiger partial charge >= 0.3 is 5.97 Å². The molecule has 0 amide bonds. The van der Waals surface area contributed by atoms with Crippen molar-refractivity contribution >= 4 is 17.6 Å². The van der Waals surface area contributed by atoms with E-state index in [0.29, 0.717) is 13.2 Å². The zero-order valence-corrected chi connectivity index (χ0v) is 16.8. The monoisotopic (exact) mass is 372 g/mol. The summed E-state index contributed by atoms with van der Waals surface area (Å²) < 4.78 is 5.20. The van der Waals surface area contributed by atoms with Gasteiger partial charge in [0.05, 0.1) is 12.5 Å². The number of fused-ring (bicyclic) bond motifs is 1. The largest absolute Gasteiger partial charge is 0.466 e. The topological polar surface area (TPSA) is 57.2 Å². The van der Waals surface area contributed by atoms with E-state index in [1.807, 2.05) is 6.92 Å². The molecule has 1 atom stereocenters. The van der Waals surface area contributed by atoms with Crippen LogP contribution in [0.1, 0.15) is 37.3 Å². The highest BCUT2D eigenvalue weighted by atomic mass is 16.5. The maximum absolute atomic E-state index is 12.1. The second-order valence-corrected chi connectivity index (χ2v) is 7.43. The zero-order valence-electron chi connectivity index (χ0n) is 16.8. The van der Waals surface area contributed by atoms with Gasteiger partial charge in [0.1, 0.15) is 0 Å². The minimum atomic E-state index is -0.0866. The number of aliphatic imine (C=N–C) groups is 1. The molecule has 148 valence electrons. The standard InChI is InChI=1S/C21H32N4O2/c1-4-27-20(26)18-8-6-12-25(15-18)21(22-2)23-14-16-9-10-19-17(13-16)7-5-11-24(19)3/h9-10,13,18H,4-8,11-12,14-15H2,1-3H3,(H,22,23). The van der Waals surface area contributed by atoms with Crippen LogP contribution in [0.15, 0.2) is 23.2 Å². The molecule has 1 aromatic carbocycles. The van der Waals surface area contributed by atoms with E-state index in [4.69, 9.17) is 4.74 Å². The van der Waals surface area contributed by atoms with Crippen molar-refractivity contribution in [1.29, 1.82) is 0 Å². The average molecular weight is 373 g/mol. The molecule has 1 fully saturated rings. The molecule has 0 spiro atoms. The fraction of sp³-hybridized carbons (Fsp3) is 0.619. The van der Waals surface area contributed by atoms with Gasteiger partial charge in [0.25, 0.3) is 0 Å². The van der Waals surface area contributed by atoms with Gasteiger partial charge in [-0.1, -0.05) is 12.1 Å². The number of carbonyl (C=O) groups excluding carboxylic acids is 1. The Morgan fingerprint density at radius 2 is 2.19 bits per heavy atom. The number of ether oxygens (including phenoxy) is 1. The lowest BCUT2D eigenvalue weighted by Crippen LogP contribution is -2.48. The van der Waals surface area contributed by atoms with Gasteiger partial charge in [0, 0.05) is 46.0 Å². The quantitative estimate of drug-likeness (QED) is 0.500. The third-order valence-electron chi connectivity index (χ3n) is 5.50. The van der Waals surface area contributed by atoms with Crippen LogP contribution in [0.25, 0.3) is 0 Å². The first-order valence-corrected chi connectivity index (χ1v) is 10.1. The Morgan fingerprint density at radius 1 is 1.33 bits per heavy atom. The predicted octanol–water partition coefficient (Wildman–Crippen LogP) is 2.42. The summed E-state index contributed by atoms with van der Waals surface area (Å²) in [4.78, 5) is 21.0. The highest BCUT2D eigenvalue weighted by Gasteiger charge is 2.28. The summed E-state index contributed by atoms with van der Waals surface area (Å²) in [5.41, 5.74) is 4.05. The fourth-order valence-electron chi connectivity index (χ4n) is 4.08. The molecule has 27 heavy (non-hydrogen) atoms. The van der Waals surface area contributed by atoms with Crippen molar-refractivity contribution in [1.82, 2.24) is 10.2 Å². The van der Waals surface area contributed by atoms with Crippen molar-refractivity contribution in [3.8, 4) is 0 Å². The van der Waals surface area contributed by atoms with Gasteiger partial charge in [-0.05, 0) is 49.8 Å². The number of hydrogen-bond acceptors (Lipinski definition) is 4. The third kappa shape index (κ3) is 4.73. The summed E-state index contributed by atoms with van der Waals surface area (Å²) in [7, 11) is 3.96. The first-order chi connectivity index (χ1) is 13.1. The van der Waals surface area contributed by atoms with Gasteiger partial charge in [0.2, 0.25) is 0 Å². The Hall–Kier alpha value is -2.24. The van der Waals surface area contributed by atoms with Crippen LogP contribution >= 0.6 is 0 Å². The van der Waals surface area contributed by atoms with E-state index in [2.05, 4.69) is 45.4 Å². The van der Waals surface area contributed by atoms with Crippen LogP contribution in [0.2, 0.25) is 0 Å². The Bertz CT molecular complexity index is 689. The van der Waals surface area contributed by atoms with Gasteiger partial charge in [-0.15, -0.1) is 0 Å². The zero-order chi connectivity index (χ0) is 19.2. The lowest BCUT2D eigenvalue weighted by Gasteiger charge is -2.34. The molecule has 0 saturated carbocycles. The van der Waals surface area contributed by atoms with Crippen molar-refractivity contribution in [2.75, 3.05) is 45.2 Å². The number of esters is 1. The molecule has 1 saturated heterocycles. The first-order valence-electron chi connectivity index (χ1n) is 10.1. The number of aryl methyl sites for hydroxylation is 1. The van der Waals surface area contributed by atoms with Crippen molar-refractivity contribution in [3.05, 3.63) is 29.3 Å². The second-order valence-electron chi connectivity index (χ2n) is 7.43. The molecule has 1 aromatic rings. The van der Waals surface area contributed by atoms with E-state index < -0.39 is 0 Å². The maximum atomic E-state index is 12.1. The number of nitrogens with one attached hydrogen (secondary N) is 1. The van der Waals surface area contributed by atoms with Gasteiger partial charge in [-0.3, -0.25) is 9.79 Å². The highest BCUT2D eigenvalue weighted by Crippen LogP contribution is 2.26. The third-order valence-corrected chi connectivity index (χ3v) is 5.50. The lowest BCUT2D eigenvalue weighted by atomic mass is 9.98. The van der Waals surface area contributed by atoms with Gasteiger partial charge in [0.15, 0.2) is 5.96 Å². The van der Waals surface area contributed by atoms with Crippen molar-refractivity contribution in [2.45, 2.75) is 39.2 Å². The second kappa shape index (κ2) is 9.11. The van der Waals surface area contributed by atoms with E-state index in [9.17, 15) is 4.79 Å². The number of benzene rings is 1. The van der Waals surface area contributed by atoms with Crippen LogP contribution in [0.4, 0.5) is 5.69 Å². The number of guanidine groups is 1. The minimum absolute atomic E-state index is 0.0588. The van der Waals surface area contributed by atoms with Gasteiger partial charge in [-0.25, -0.2) is 0 Å². The molecule has 3 rings (SSSR count). The molecule has 1 unspecified atom stereocenters. The van der Waals surface area contributed by atoms with Crippen molar-refractivity contribution < 1.29 is 9.53 Å². The fourth-order valence-corrected chi connectivity index (χ4v) is 4.08. The molecule has 2 aliphatic heterocycles. The molecule has 2 aliphatic rings. The Kier molecular flexibility index (Phi) is 6.58. The number of carbonyl (C=O) groups is 1. The smallest absolute Gasteiger partial charge is 0.310 e. The number of anilines is 1. The number of rotatable bonds is 4. The molecular formula is C21H32N4O2. The summed E-state index contributed by atoms with van der Waals surface area (Å²) in [6, 6.07) is 6.73. The van der Waals surface area contributed by atoms with Crippen LogP contribution in [0.5, 0.6) is 0 Å². The van der Waals surface area contributed by atoms with Gasteiger partial charge < -0.3 is 19.9 Å². The number of piperidine rings is 1. The Morgan fingerprint density at radius 3 is 2.96 bits per heavy atom. The summed E-state index contributed by atoms with van der Waals surface area (Å²) >= 11 is 0. The van der Waals surface area contributed by atoms with Crippen LogP contribution in [-0.2, 0) is 22.5 Å². The van der Waals surface area contributed by atoms with E-state index in [1.54, 1.807) is 7.05 Å². The van der Waals surface area contributed by atoms with E-state index in [1.165, 1.54) is 23.2 Å². The molecule has 6 nitrogen and oxygen atoms in total. The summed E-state index contributed by atoms with van der Waals surface area (Å²) in [5.74, 6) is 0.715. The molecule has 0 aromatic heterocycles. The van der Waals surface area contributed by atoms with Crippen molar-refractivity contribution in [2.24, 2.45) is 10.9 Å². The van der Waals surface area contributed by atoms with Crippen molar-refractivity contribution in [3.63, 3.8) is 0 Å². The first kappa shape index (κ1) is 19.5. The molecule has 0 bridgehead atoms. The van der Waals surface area contributed by atoms with Gasteiger partial charge in [-0.2, -0.15) is 0 Å². The van der Waals surface area contributed by atoms with Crippen LogP contribution in [-0.4, -0.2) is 57.2 Å². The molecular weight excluding hydrogens is 340 g/mol. The molecule has 2 heterocycles. The van der Waals surface area contributed by atoms with Crippen LogP contribution < -0.4 is 10.2 Å². The number of nitrogens with zero attached hydrogens (tertiary/aromatic N) is 3. The average Bonchev–Trinajstić information content (AvgIpc) is 2.69. The minimum Gasteiger partial charge on any atom is -0.466 e. The van der Waals surface area contributed by atoms with E-state index in [0.717, 1.165) is 44.9 Å². The SMILES string of the molecule is CCOC(=O)C1CCCN(C(=NC)NCc2ccc3c(c2)CCCN3C)C1. The van der Waals surface area contributed by atoms with E-state index in [-0.39, 0.29) is 11.9 Å². The molecule has 0 aliphatic carbocycles. The normalized spacial score (nSPS) is 20.3. The number of hydrogen-bond donors (Lipinski definition) is 1. The highest BCUT2D eigenvalue weighted by molar-refractivity contribution is 5.81. The molecule has 6 heteroatoms. The lowest BCUT2D eigenvalue weighted by molar-refractivity contribution is -0.149. The summed E-state index contributed by atoms with van der Waals surface area (Å²) in [6.07, 6.45) is 4.24. The Balaban J connectivity index is 1.60. The molecule has 0 radical (unpaired) electrons. The maximum Gasteiger partial charge on any atom is 0.310 e. The van der Waals surface area contributed by atoms with Crippen LogP contribution in [0, 0.1) is 5.92 Å².